The summed E-state index contributed by atoms with van der Waals surface area (Å²) in [7, 11) is 0. The molecule has 2 unspecified atom stereocenters. The van der Waals surface area contributed by atoms with Gasteiger partial charge in [0.2, 0.25) is 0 Å². The summed E-state index contributed by atoms with van der Waals surface area (Å²) in [5, 5.41) is 0. The number of rotatable bonds is 1. The predicted molar refractivity (Wildman–Crippen MR) is 50.4 cm³/mol. The van der Waals surface area contributed by atoms with E-state index < -0.39 is 0 Å². The van der Waals surface area contributed by atoms with E-state index in [4.69, 9.17) is 0 Å². The highest BCUT2D eigenvalue weighted by atomic mass is 14.6. The van der Waals surface area contributed by atoms with Crippen LogP contribution in [0.2, 0.25) is 0 Å². The topological polar surface area (TPSA) is 0 Å². The first-order valence-electron chi connectivity index (χ1n) is 4.92. The molecule has 0 amide bonds. The molecule has 0 aliphatic heterocycles. The maximum Gasteiger partial charge on any atom is -0.0246 e. The number of hydrogen-bond acceptors (Lipinski definition) is 0. The summed E-state index contributed by atoms with van der Waals surface area (Å²) in [6.07, 6.45) is 0. The third-order valence-corrected chi connectivity index (χ3v) is 4.78. The van der Waals surface area contributed by atoms with E-state index in [0.717, 1.165) is 23.7 Å². The van der Waals surface area contributed by atoms with Crippen molar-refractivity contribution in [2.24, 2.45) is 29.1 Å². The second-order valence-corrected chi connectivity index (χ2v) is 4.96. The molecule has 0 N–H and O–H groups in total. The molecule has 0 spiro atoms. The molecular weight excluding hydrogens is 132 g/mol. The molecule has 0 nitrogen and oxygen atoms in total. The molecule has 0 radical (unpaired) electrons. The molecule has 0 aromatic heterocycles. The minimum atomic E-state index is 0.611. The highest BCUT2D eigenvalue weighted by Crippen LogP contribution is 2.59. The summed E-state index contributed by atoms with van der Waals surface area (Å²) in [4.78, 5) is 0. The zero-order valence-electron chi connectivity index (χ0n) is 8.81. The van der Waals surface area contributed by atoms with Crippen LogP contribution in [0.15, 0.2) is 0 Å². The van der Waals surface area contributed by atoms with Crippen molar-refractivity contribution in [1.29, 1.82) is 0 Å². The molecule has 2 atom stereocenters. The van der Waals surface area contributed by atoms with Crippen LogP contribution < -0.4 is 0 Å². The molecule has 0 saturated heterocycles. The fraction of sp³-hybridized carbons (Fsp3) is 1.00. The largest absolute Gasteiger partial charge is 0.0622 e. The van der Waals surface area contributed by atoms with Gasteiger partial charge in [-0.1, -0.05) is 41.5 Å². The van der Waals surface area contributed by atoms with Crippen LogP contribution in [0, 0.1) is 29.1 Å². The van der Waals surface area contributed by atoms with Gasteiger partial charge in [-0.2, -0.15) is 0 Å². The Morgan fingerprint density at radius 3 is 1.55 bits per heavy atom. The molecule has 0 bridgehead atoms. The van der Waals surface area contributed by atoms with Crippen LogP contribution in [0.1, 0.15) is 41.5 Å². The standard InChI is InChI=1S/C11H22/c1-7(2)11(6)9(4)8(3)10(11)5/h7-10H,1-6H3. The first-order valence-corrected chi connectivity index (χ1v) is 4.92. The third kappa shape index (κ3) is 0.947. The fourth-order valence-corrected chi connectivity index (χ4v) is 2.91. The zero-order valence-corrected chi connectivity index (χ0v) is 8.81. The van der Waals surface area contributed by atoms with Crippen molar-refractivity contribution in [2.75, 3.05) is 0 Å². The average molecular weight is 154 g/mol. The van der Waals surface area contributed by atoms with Crippen molar-refractivity contribution in [2.45, 2.75) is 41.5 Å². The van der Waals surface area contributed by atoms with Crippen molar-refractivity contribution in [1.82, 2.24) is 0 Å². The molecule has 1 aliphatic carbocycles. The smallest absolute Gasteiger partial charge is 0.0246 e. The van der Waals surface area contributed by atoms with E-state index in [1.54, 1.807) is 0 Å². The highest BCUT2D eigenvalue weighted by Gasteiger charge is 2.53. The Kier molecular flexibility index (Phi) is 2.07. The van der Waals surface area contributed by atoms with Crippen molar-refractivity contribution < 1.29 is 0 Å². The summed E-state index contributed by atoms with van der Waals surface area (Å²) in [5.74, 6) is 3.60. The molecule has 1 aliphatic rings. The maximum absolute atomic E-state index is 2.45. The lowest BCUT2D eigenvalue weighted by molar-refractivity contribution is -0.115. The first kappa shape index (κ1) is 9.09. The van der Waals surface area contributed by atoms with Crippen LogP contribution in [0.4, 0.5) is 0 Å². The molecule has 0 heterocycles. The quantitative estimate of drug-likeness (QED) is 0.541. The van der Waals surface area contributed by atoms with Gasteiger partial charge in [0.25, 0.3) is 0 Å². The molecule has 1 rings (SSSR count). The van der Waals surface area contributed by atoms with Gasteiger partial charge in [0, 0.05) is 0 Å². The lowest BCUT2D eigenvalue weighted by atomic mass is 9.45. The first-order chi connectivity index (χ1) is 4.92. The Balaban J connectivity index is 2.74. The van der Waals surface area contributed by atoms with Crippen LogP contribution in [0.3, 0.4) is 0 Å². The molecule has 0 aromatic rings. The van der Waals surface area contributed by atoms with Crippen molar-refractivity contribution in [3.8, 4) is 0 Å². The second kappa shape index (κ2) is 2.50. The fourth-order valence-electron chi connectivity index (χ4n) is 2.91. The minimum absolute atomic E-state index is 0.611. The van der Waals surface area contributed by atoms with Crippen LogP contribution in [0.25, 0.3) is 0 Å². The van der Waals surface area contributed by atoms with Gasteiger partial charge in [-0.05, 0) is 29.1 Å². The van der Waals surface area contributed by atoms with Gasteiger partial charge in [-0.25, -0.2) is 0 Å². The van der Waals surface area contributed by atoms with Crippen LogP contribution in [-0.4, -0.2) is 0 Å². The summed E-state index contributed by atoms with van der Waals surface area (Å²) in [6.45, 7) is 14.4. The predicted octanol–water partition coefficient (Wildman–Crippen LogP) is 3.57. The Hall–Kier alpha value is 0. The van der Waals surface area contributed by atoms with Gasteiger partial charge in [-0.3, -0.25) is 0 Å². The minimum Gasteiger partial charge on any atom is -0.0622 e. The van der Waals surface area contributed by atoms with Gasteiger partial charge in [0.05, 0.1) is 0 Å². The van der Waals surface area contributed by atoms with Gasteiger partial charge in [0.1, 0.15) is 0 Å². The molecule has 11 heavy (non-hydrogen) atoms. The van der Waals surface area contributed by atoms with Crippen molar-refractivity contribution >= 4 is 0 Å². The van der Waals surface area contributed by atoms with Gasteiger partial charge in [-0.15, -0.1) is 0 Å². The van der Waals surface area contributed by atoms with E-state index in [2.05, 4.69) is 41.5 Å². The molecular formula is C11H22. The molecule has 0 heteroatoms. The maximum atomic E-state index is 2.45. The monoisotopic (exact) mass is 154 g/mol. The summed E-state index contributed by atoms with van der Waals surface area (Å²) >= 11 is 0. The molecule has 66 valence electrons. The van der Waals surface area contributed by atoms with Crippen LogP contribution in [-0.2, 0) is 0 Å². The van der Waals surface area contributed by atoms with E-state index in [9.17, 15) is 0 Å². The Morgan fingerprint density at radius 1 is 1.00 bits per heavy atom. The van der Waals surface area contributed by atoms with E-state index in [1.807, 2.05) is 0 Å². The van der Waals surface area contributed by atoms with Gasteiger partial charge >= 0.3 is 0 Å². The average Bonchev–Trinajstić information content (AvgIpc) is 1.99. The summed E-state index contributed by atoms with van der Waals surface area (Å²) < 4.78 is 0. The Bertz CT molecular complexity index is 136. The molecule has 0 aromatic carbocycles. The summed E-state index contributed by atoms with van der Waals surface area (Å²) in [6, 6.07) is 0. The second-order valence-electron chi connectivity index (χ2n) is 4.96. The Morgan fingerprint density at radius 2 is 1.36 bits per heavy atom. The van der Waals surface area contributed by atoms with Crippen LogP contribution >= 0.6 is 0 Å². The molecule has 1 saturated carbocycles. The van der Waals surface area contributed by atoms with Crippen LogP contribution in [0.5, 0.6) is 0 Å². The van der Waals surface area contributed by atoms with Crippen molar-refractivity contribution in [3.63, 3.8) is 0 Å². The van der Waals surface area contributed by atoms with E-state index in [0.29, 0.717) is 5.41 Å². The SMILES string of the molecule is CC1C(C)C(C)(C(C)C)C1C. The van der Waals surface area contributed by atoms with Gasteiger partial charge in [0.15, 0.2) is 0 Å². The van der Waals surface area contributed by atoms with E-state index >= 15 is 0 Å². The Labute approximate surface area is 71.4 Å². The summed E-state index contributed by atoms with van der Waals surface area (Å²) in [5.41, 5.74) is 0.611. The van der Waals surface area contributed by atoms with Crippen molar-refractivity contribution in [3.05, 3.63) is 0 Å². The third-order valence-electron chi connectivity index (χ3n) is 4.78. The molecule has 1 fully saturated rings. The van der Waals surface area contributed by atoms with E-state index in [-0.39, 0.29) is 0 Å². The zero-order chi connectivity index (χ0) is 8.81. The van der Waals surface area contributed by atoms with Gasteiger partial charge < -0.3 is 0 Å². The number of hydrogen-bond donors (Lipinski definition) is 0. The normalized spacial score (nSPS) is 51.0. The lowest BCUT2D eigenvalue weighted by Crippen LogP contribution is -2.54. The van der Waals surface area contributed by atoms with E-state index in [1.165, 1.54) is 0 Å². The highest BCUT2D eigenvalue weighted by molar-refractivity contribution is 5.01. The lowest BCUT2D eigenvalue weighted by Gasteiger charge is -2.59.